The molecule has 2 aromatic rings. The zero-order valence-electron chi connectivity index (χ0n) is 8.83. The minimum Gasteiger partial charge on any atom is -0.403 e. The van der Waals surface area contributed by atoms with E-state index in [0.717, 1.165) is 18.7 Å². The highest BCUT2D eigenvalue weighted by Crippen LogP contribution is 2.29. The molecule has 0 amide bonds. The molecule has 0 saturated heterocycles. The van der Waals surface area contributed by atoms with Crippen LogP contribution in [-0.2, 0) is 0 Å². The van der Waals surface area contributed by atoms with Gasteiger partial charge >= 0.3 is 6.09 Å². The highest BCUT2D eigenvalue weighted by atomic mass is 19.2. The van der Waals surface area contributed by atoms with E-state index in [1.165, 1.54) is 0 Å². The Hall–Kier alpha value is -2.45. The molecule has 1 aromatic heterocycles. The van der Waals surface area contributed by atoms with Crippen LogP contribution < -0.4 is 4.74 Å². The van der Waals surface area contributed by atoms with Gasteiger partial charge in [-0.3, -0.25) is 0 Å². The average molecular weight is 278 g/mol. The highest BCUT2D eigenvalue weighted by Gasteiger charge is 2.28. The van der Waals surface area contributed by atoms with Crippen LogP contribution in [0.2, 0.25) is 0 Å². The summed E-state index contributed by atoms with van der Waals surface area (Å²) in [5.41, 5.74) is 0. The molecule has 100 valence electrons. The van der Waals surface area contributed by atoms with Gasteiger partial charge in [0.25, 0.3) is 0 Å². The first-order valence-corrected chi connectivity index (χ1v) is 4.65. The van der Waals surface area contributed by atoms with Gasteiger partial charge in [0, 0.05) is 12.4 Å². The Bertz CT molecular complexity index is 613. The third kappa shape index (κ3) is 2.14. The lowest BCUT2D eigenvalue weighted by molar-refractivity contribution is 0.195. The van der Waals surface area contributed by atoms with Crippen LogP contribution in [0.4, 0.5) is 26.7 Å². The zero-order valence-corrected chi connectivity index (χ0v) is 8.83. The third-order valence-electron chi connectivity index (χ3n) is 2.07. The Morgan fingerprint density at radius 2 is 1.53 bits per heavy atom. The molecule has 0 atom stereocenters. The highest BCUT2D eigenvalue weighted by molar-refractivity contribution is 5.73. The quantitative estimate of drug-likeness (QED) is 0.457. The van der Waals surface area contributed by atoms with Crippen molar-refractivity contribution >= 4 is 6.09 Å². The van der Waals surface area contributed by atoms with Crippen molar-refractivity contribution in [2.75, 3.05) is 0 Å². The molecule has 0 aliphatic carbocycles. The van der Waals surface area contributed by atoms with Gasteiger partial charge in [0.05, 0.1) is 0 Å². The number of nitrogens with zero attached hydrogens (tertiary/aromatic N) is 2. The van der Waals surface area contributed by atoms with Crippen LogP contribution in [0.3, 0.4) is 0 Å². The van der Waals surface area contributed by atoms with E-state index in [-0.39, 0.29) is 0 Å². The molecular weight excluding hydrogens is 275 g/mol. The molecule has 1 aromatic carbocycles. The zero-order chi connectivity index (χ0) is 14.2. The second-order valence-electron chi connectivity index (χ2n) is 3.24. The van der Waals surface area contributed by atoms with Gasteiger partial charge in [0.15, 0.2) is 0 Å². The maximum atomic E-state index is 13.2. The predicted octanol–water partition coefficient (Wildman–Crippen LogP) is 2.63. The first-order valence-electron chi connectivity index (χ1n) is 4.65. The molecule has 2 rings (SSSR count). The smallest absolute Gasteiger partial charge is 0.403 e. The van der Waals surface area contributed by atoms with Crippen LogP contribution >= 0.6 is 0 Å². The molecule has 4 nitrogen and oxygen atoms in total. The van der Waals surface area contributed by atoms with Crippen LogP contribution in [0.5, 0.6) is 5.75 Å². The van der Waals surface area contributed by atoms with Crippen molar-refractivity contribution in [2.45, 2.75) is 0 Å². The minimum atomic E-state index is -2.34. The molecule has 0 aliphatic heterocycles. The molecule has 19 heavy (non-hydrogen) atoms. The number of aromatic nitrogens is 2. The Kier molecular flexibility index (Phi) is 3.19. The summed E-state index contributed by atoms with van der Waals surface area (Å²) in [6.07, 6.45) is 1.77. The maximum absolute atomic E-state index is 13.2. The van der Waals surface area contributed by atoms with Gasteiger partial charge in [0.2, 0.25) is 34.8 Å². The lowest BCUT2D eigenvalue weighted by atomic mass is 10.2. The van der Waals surface area contributed by atoms with Crippen LogP contribution in [-0.4, -0.2) is 15.6 Å². The number of benzene rings is 1. The van der Waals surface area contributed by atoms with Gasteiger partial charge in [0.1, 0.15) is 6.33 Å². The molecule has 0 fully saturated rings. The van der Waals surface area contributed by atoms with Gasteiger partial charge in [-0.1, -0.05) is 0 Å². The van der Waals surface area contributed by atoms with Gasteiger partial charge in [-0.15, -0.1) is 0 Å². The molecule has 0 N–H and O–H groups in total. The Morgan fingerprint density at radius 1 is 1.00 bits per heavy atom. The molecule has 0 aliphatic rings. The maximum Gasteiger partial charge on any atom is 0.424 e. The first-order chi connectivity index (χ1) is 8.93. The molecule has 0 saturated carbocycles. The van der Waals surface area contributed by atoms with Crippen molar-refractivity contribution in [1.82, 2.24) is 9.55 Å². The second kappa shape index (κ2) is 4.67. The van der Waals surface area contributed by atoms with Crippen LogP contribution in [0.1, 0.15) is 0 Å². The van der Waals surface area contributed by atoms with Crippen molar-refractivity contribution in [3.63, 3.8) is 0 Å². The first kappa shape index (κ1) is 13.0. The van der Waals surface area contributed by atoms with Crippen molar-refractivity contribution < 1.29 is 31.5 Å². The summed E-state index contributed by atoms with van der Waals surface area (Å²) in [5.74, 6) is -12.9. The second-order valence-corrected chi connectivity index (χ2v) is 3.24. The predicted molar refractivity (Wildman–Crippen MR) is 49.9 cm³/mol. The Balaban J connectivity index is 2.44. The summed E-state index contributed by atoms with van der Waals surface area (Å²) in [7, 11) is 0. The third-order valence-corrected chi connectivity index (χ3v) is 2.07. The number of rotatable bonds is 1. The summed E-state index contributed by atoms with van der Waals surface area (Å²) in [6, 6.07) is 0. The Labute approximate surface area is 102 Å². The molecule has 1 heterocycles. The average Bonchev–Trinajstić information content (AvgIpc) is 2.93. The fraction of sp³-hybridized carbons (Fsp3) is 0. The molecule has 9 heteroatoms. The number of hydrogen-bond donors (Lipinski definition) is 0. The van der Waals surface area contributed by atoms with E-state index in [2.05, 4.69) is 9.72 Å². The van der Waals surface area contributed by atoms with E-state index in [9.17, 15) is 26.7 Å². The Morgan fingerprint density at radius 3 is 2.00 bits per heavy atom. The fourth-order valence-electron chi connectivity index (χ4n) is 1.18. The molecule has 0 bridgehead atoms. The molecule has 0 radical (unpaired) electrons. The summed E-state index contributed by atoms with van der Waals surface area (Å²) in [5, 5.41) is 0. The van der Waals surface area contributed by atoms with E-state index in [0.29, 0.717) is 4.57 Å². The van der Waals surface area contributed by atoms with Crippen molar-refractivity contribution in [2.24, 2.45) is 0 Å². The van der Waals surface area contributed by atoms with Crippen LogP contribution in [0.25, 0.3) is 0 Å². The molecule has 0 spiro atoms. The van der Waals surface area contributed by atoms with E-state index < -0.39 is 40.9 Å². The number of carbonyl (C=O) groups excluding carboxylic acids is 1. The van der Waals surface area contributed by atoms with Gasteiger partial charge in [-0.25, -0.2) is 27.5 Å². The monoisotopic (exact) mass is 278 g/mol. The van der Waals surface area contributed by atoms with E-state index in [1.54, 1.807) is 0 Å². The summed E-state index contributed by atoms with van der Waals surface area (Å²) < 4.78 is 69.5. The van der Waals surface area contributed by atoms with E-state index in [1.807, 2.05) is 0 Å². The van der Waals surface area contributed by atoms with Crippen molar-refractivity contribution in [3.8, 4) is 5.75 Å². The number of halogens is 5. The van der Waals surface area contributed by atoms with Crippen LogP contribution in [0.15, 0.2) is 18.7 Å². The number of carbonyl (C=O) groups is 1. The number of ether oxygens (including phenoxy) is 1. The summed E-state index contributed by atoms with van der Waals surface area (Å²) in [4.78, 5) is 14.8. The normalized spacial score (nSPS) is 10.6. The largest absolute Gasteiger partial charge is 0.424 e. The summed E-state index contributed by atoms with van der Waals surface area (Å²) in [6.45, 7) is 0. The van der Waals surface area contributed by atoms with Gasteiger partial charge in [-0.2, -0.15) is 8.78 Å². The number of imidazole rings is 1. The SMILES string of the molecule is O=C(Oc1c(F)c(F)c(F)c(F)c1F)n1ccnc1. The van der Waals surface area contributed by atoms with Crippen molar-refractivity contribution in [1.29, 1.82) is 0 Å². The number of hydrogen-bond acceptors (Lipinski definition) is 3. The molecular formula is C10H3F5N2O2. The molecule has 0 unspecified atom stereocenters. The lowest BCUT2D eigenvalue weighted by Gasteiger charge is -2.08. The van der Waals surface area contributed by atoms with Gasteiger partial charge in [-0.05, 0) is 0 Å². The lowest BCUT2D eigenvalue weighted by Crippen LogP contribution is -2.18. The van der Waals surface area contributed by atoms with Gasteiger partial charge < -0.3 is 4.74 Å². The van der Waals surface area contributed by atoms with Crippen LogP contribution in [0, 0.1) is 29.1 Å². The fourth-order valence-corrected chi connectivity index (χ4v) is 1.18. The van der Waals surface area contributed by atoms with E-state index in [4.69, 9.17) is 0 Å². The summed E-state index contributed by atoms with van der Waals surface area (Å²) >= 11 is 0. The topological polar surface area (TPSA) is 44.1 Å². The van der Waals surface area contributed by atoms with E-state index >= 15 is 0 Å². The standard InChI is InChI=1S/C10H3F5N2O2/c11-4-5(12)7(14)9(8(15)6(4)13)19-10(18)17-2-1-16-3-17/h1-3H. The van der Waals surface area contributed by atoms with Crippen molar-refractivity contribution in [3.05, 3.63) is 47.8 Å². The minimum absolute atomic E-state index is 0.651.